The maximum atomic E-state index is 5.37. The van der Waals surface area contributed by atoms with Crippen LogP contribution in [0.3, 0.4) is 0 Å². The number of nitrogens with one attached hydrogen (secondary N) is 2. The summed E-state index contributed by atoms with van der Waals surface area (Å²) in [5.41, 5.74) is 0. The summed E-state index contributed by atoms with van der Waals surface area (Å²) in [6, 6.07) is 0.991. The van der Waals surface area contributed by atoms with Crippen molar-refractivity contribution >= 4 is 17.3 Å². The minimum atomic E-state index is 0.393. The smallest absolute Gasteiger partial charge is 0.166 e. The Bertz CT molecular complexity index is 263. The normalized spacial score (nSPS) is 23.8. The van der Waals surface area contributed by atoms with Crippen molar-refractivity contribution in [1.29, 1.82) is 0 Å². The molecule has 1 aliphatic carbocycles. The zero-order valence-electron chi connectivity index (χ0n) is 11.3. The van der Waals surface area contributed by atoms with Crippen molar-refractivity contribution in [1.82, 2.24) is 15.5 Å². The van der Waals surface area contributed by atoms with Crippen LogP contribution in [0.5, 0.6) is 0 Å². The van der Waals surface area contributed by atoms with Crippen LogP contribution in [0.25, 0.3) is 0 Å². The Labute approximate surface area is 115 Å². The monoisotopic (exact) mass is 271 g/mol. The maximum absolute atomic E-state index is 5.37. The zero-order chi connectivity index (χ0) is 12.8. The number of thiocarbonyl (C=S) groups is 1. The van der Waals surface area contributed by atoms with Gasteiger partial charge in [-0.25, -0.2) is 0 Å². The molecule has 1 saturated carbocycles. The molecule has 0 aromatic heterocycles. The van der Waals surface area contributed by atoms with Crippen molar-refractivity contribution in [2.45, 2.75) is 44.7 Å². The van der Waals surface area contributed by atoms with Crippen molar-refractivity contribution < 1.29 is 4.74 Å². The number of morpholine rings is 1. The predicted molar refractivity (Wildman–Crippen MR) is 77.8 cm³/mol. The SMILES string of the molecule is CC(CN1CCOCC1)NC(=S)NC1CCCC1. The Morgan fingerprint density at radius 1 is 1.33 bits per heavy atom. The van der Waals surface area contributed by atoms with Gasteiger partial charge in [-0.1, -0.05) is 12.8 Å². The summed E-state index contributed by atoms with van der Waals surface area (Å²) in [7, 11) is 0. The molecule has 5 heteroatoms. The standard InChI is InChI=1S/C13H25N3OS/c1-11(10-16-6-8-17-9-7-16)14-13(18)15-12-4-2-3-5-12/h11-12H,2-10H2,1H3,(H2,14,15,18). The number of hydrogen-bond donors (Lipinski definition) is 2. The molecule has 4 nitrogen and oxygen atoms in total. The second-order valence-corrected chi connectivity index (χ2v) is 5.82. The summed E-state index contributed by atoms with van der Waals surface area (Å²) >= 11 is 5.37. The van der Waals surface area contributed by atoms with Crippen LogP contribution in [-0.4, -0.2) is 54.9 Å². The molecule has 1 atom stereocenters. The van der Waals surface area contributed by atoms with E-state index in [2.05, 4.69) is 22.5 Å². The highest BCUT2D eigenvalue weighted by Crippen LogP contribution is 2.17. The minimum absolute atomic E-state index is 0.393. The highest BCUT2D eigenvalue weighted by Gasteiger charge is 2.17. The Morgan fingerprint density at radius 2 is 2.00 bits per heavy atom. The van der Waals surface area contributed by atoms with Crippen molar-refractivity contribution in [2.75, 3.05) is 32.8 Å². The van der Waals surface area contributed by atoms with E-state index in [1.165, 1.54) is 25.7 Å². The number of nitrogens with zero attached hydrogens (tertiary/aromatic N) is 1. The summed E-state index contributed by atoms with van der Waals surface area (Å²) in [5.74, 6) is 0. The second-order valence-electron chi connectivity index (χ2n) is 5.41. The van der Waals surface area contributed by atoms with Crippen LogP contribution in [0.2, 0.25) is 0 Å². The lowest BCUT2D eigenvalue weighted by Gasteiger charge is -2.30. The fourth-order valence-electron chi connectivity index (χ4n) is 2.74. The molecular formula is C13H25N3OS. The third-order valence-corrected chi connectivity index (χ3v) is 3.94. The first-order chi connectivity index (χ1) is 8.74. The van der Waals surface area contributed by atoms with E-state index in [9.17, 15) is 0 Å². The van der Waals surface area contributed by atoms with Crippen LogP contribution in [-0.2, 0) is 4.74 Å². The molecule has 18 heavy (non-hydrogen) atoms. The van der Waals surface area contributed by atoms with Gasteiger partial charge in [0.25, 0.3) is 0 Å². The summed E-state index contributed by atoms with van der Waals surface area (Å²) in [4.78, 5) is 2.43. The minimum Gasteiger partial charge on any atom is -0.379 e. The van der Waals surface area contributed by atoms with E-state index in [1.54, 1.807) is 0 Å². The first-order valence-corrected chi connectivity index (χ1v) is 7.52. The van der Waals surface area contributed by atoms with Gasteiger partial charge >= 0.3 is 0 Å². The van der Waals surface area contributed by atoms with Crippen LogP contribution in [0, 0.1) is 0 Å². The first kappa shape index (κ1) is 14.0. The summed E-state index contributed by atoms with van der Waals surface area (Å²) < 4.78 is 5.35. The molecule has 2 N–H and O–H groups in total. The van der Waals surface area contributed by atoms with Crippen molar-refractivity contribution in [3.63, 3.8) is 0 Å². The molecule has 1 unspecified atom stereocenters. The van der Waals surface area contributed by atoms with Gasteiger partial charge in [-0.2, -0.15) is 0 Å². The van der Waals surface area contributed by atoms with Gasteiger partial charge in [0.15, 0.2) is 5.11 Å². The maximum Gasteiger partial charge on any atom is 0.166 e. The van der Waals surface area contributed by atoms with Crippen LogP contribution >= 0.6 is 12.2 Å². The molecule has 0 radical (unpaired) electrons. The summed E-state index contributed by atoms with van der Waals surface area (Å²) in [5, 5.41) is 7.64. The Hall–Kier alpha value is -0.390. The molecule has 2 fully saturated rings. The van der Waals surface area contributed by atoms with E-state index >= 15 is 0 Å². The third kappa shape index (κ3) is 4.71. The quantitative estimate of drug-likeness (QED) is 0.749. The third-order valence-electron chi connectivity index (χ3n) is 3.70. The zero-order valence-corrected chi connectivity index (χ0v) is 12.1. The average molecular weight is 271 g/mol. The average Bonchev–Trinajstić information content (AvgIpc) is 2.82. The van der Waals surface area contributed by atoms with E-state index in [0.717, 1.165) is 38.0 Å². The van der Waals surface area contributed by atoms with Crippen molar-refractivity contribution in [3.05, 3.63) is 0 Å². The highest BCUT2D eigenvalue weighted by atomic mass is 32.1. The number of ether oxygens (including phenoxy) is 1. The largest absolute Gasteiger partial charge is 0.379 e. The fourth-order valence-corrected chi connectivity index (χ4v) is 3.11. The summed E-state index contributed by atoms with van der Waals surface area (Å²) in [6.07, 6.45) is 5.20. The van der Waals surface area contributed by atoms with Crippen LogP contribution < -0.4 is 10.6 Å². The van der Waals surface area contributed by atoms with Crippen LogP contribution in [0.1, 0.15) is 32.6 Å². The Kier molecular flexibility index (Phi) is 5.66. The van der Waals surface area contributed by atoms with E-state index < -0.39 is 0 Å². The molecule has 0 aromatic carbocycles. The Balaban J connectivity index is 1.62. The molecule has 104 valence electrons. The van der Waals surface area contributed by atoms with E-state index in [4.69, 9.17) is 17.0 Å². The van der Waals surface area contributed by atoms with Crippen molar-refractivity contribution in [3.8, 4) is 0 Å². The second kappa shape index (κ2) is 7.26. The van der Waals surface area contributed by atoms with E-state index in [1.807, 2.05) is 0 Å². The van der Waals surface area contributed by atoms with E-state index in [-0.39, 0.29) is 0 Å². The van der Waals surface area contributed by atoms with Gasteiger partial charge in [0, 0.05) is 31.7 Å². The van der Waals surface area contributed by atoms with Crippen molar-refractivity contribution in [2.24, 2.45) is 0 Å². The predicted octanol–water partition coefficient (Wildman–Crippen LogP) is 1.11. The molecule has 0 amide bonds. The molecule has 0 aromatic rings. The van der Waals surface area contributed by atoms with Gasteiger partial charge in [0.1, 0.15) is 0 Å². The lowest BCUT2D eigenvalue weighted by atomic mass is 10.2. The van der Waals surface area contributed by atoms with E-state index in [0.29, 0.717) is 12.1 Å². The lowest BCUT2D eigenvalue weighted by molar-refractivity contribution is 0.0352. The van der Waals surface area contributed by atoms with Crippen LogP contribution in [0.4, 0.5) is 0 Å². The molecular weight excluding hydrogens is 246 g/mol. The van der Waals surface area contributed by atoms with Gasteiger partial charge in [-0.15, -0.1) is 0 Å². The lowest BCUT2D eigenvalue weighted by Crippen LogP contribution is -2.49. The highest BCUT2D eigenvalue weighted by molar-refractivity contribution is 7.80. The first-order valence-electron chi connectivity index (χ1n) is 7.11. The fraction of sp³-hybridized carbons (Fsp3) is 0.923. The van der Waals surface area contributed by atoms with Gasteiger partial charge in [0.2, 0.25) is 0 Å². The topological polar surface area (TPSA) is 36.5 Å². The molecule has 2 rings (SSSR count). The molecule has 1 aliphatic heterocycles. The number of hydrogen-bond acceptors (Lipinski definition) is 3. The summed E-state index contributed by atoms with van der Waals surface area (Å²) in [6.45, 7) is 7.02. The molecule has 0 spiro atoms. The van der Waals surface area contributed by atoms with Gasteiger partial charge in [0.05, 0.1) is 13.2 Å². The van der Waals surface area contributed by atoms with Gasteiger partial charge < -0.3 is 15.4 Å². The van der Waals surface area contributed by atoms with Gasteiger partial charge in [-0.3, -0.25) is 4.90 Å². The molecule has 0 bridgehead atoms. The van der Waals surface area contributed by atoms with Gasteiger partial charge in [-0.05, 0) is 32.0 Å². The van der Waals surface area contributed by atoms with Crippen LogP contribution in [0.15, 0.2) is 0 Å². The molecule has 1 saturated heterocycles. The Morgan fingerprint density at radius 3 is 2.67 bits per heavy atom. The number of rotatable bonds is 4. The molecule has 2 aliphatic rings. The molecule has 1 heterocycles.